The number of carbonyl (C=O) groups excluding carboxylic acids is 1. The molecule has 0 heterocycles. The van der Waals surface area contributed by atoms with Crippen molar-refractivity contribution in [2.24, 2.45) is 17.6 Å². The van der Waals surface area contributed by atoms with Crippen LogP contribution in [0.3, 0.4) is 0 Å². The summed E-state index contributed by atoms with van der Waals surface area (Å²) in [5, 5.41) is 0. The molecule has 21 heavy (non-hydrogen) atoms. The van der Waals surface area contributed by atoms with E-state index in [4.69, 9.17) is 5.73 Å². The van der Waals surface area contributed by atoms with Crippen LogP contribution in [0.5, 0.6) is 0 Å². The molecule has 0 saturated heterocycles. The van der Waals surface area contributed by atoms with Gasteiger partial charge in [0.15, 0.2) is 5.78 Å². The fraction of sp³-hybridized carbons (Fsp3) is 0.632. The molecule has 2 rings (SSSR count). The first-order chi connectivity index (χ1) is 10.1. The van der Waals surface area contributed by atoms with Crippen LogP contribution in [0.15, 0.2) is 24.3 Å². The van der Waals surface area contributed by atoms with Crippen molar-refractivity contribution in [2.75, 3.05) is 6.54 Å². The molecule has 1 aliphatic rings. The van der Waals surface area contributed by atoms with Gasteiger partial charge in [-0.05, 0) is 61.6 Å². The minimum atomic E-state index is 0.291. The van der Waals surface area contributed by atoms with Gasteiger partial charge in [-0.15, -0.1) is 0 Å². The van der Waals surface area contributed by atoms with E-state index in [1.165, 1.54) is 24.8 Å². The lowest BCUT2D eigenvalue weighted by Crippen LogP contribution is -2.16. The van der Waals surface area contributed by atoms with Crippen LogP contribution in [0, 0.1) is 11.8 Å². The van der Waals surface area contributed by atoms with Crippen molar-refractivity contribution >= 4 is 5.78 Å². The van der Waals surface area contributed by atoms with Crippen molar-refractivity contribution in [3.8, 4) is 0 Å². The molecule has 1 saturated carbocycles. The Bertz CT molecular complexity index is 462. The van der Waals surface area contributed by atoms with Crippen LogP contribution in [0.4, 0.5) is 0 Å². The Morgan fingerprint density at radius 2 is 2.05 bits per heavy atom. The Balaban J connectivity index is 1.93. The average Bonchev–Trinajstić information content (AvgIpc) is 2.41. The van der Waals surface area contributed by atoms with E-state index >= 15 is 0 Å². The number of nitrogens with two attached hydrogens (primary N) is 1. The van der Waals surface area contributed by atoms with Gasteiger partial charge in [-0.1, -0.05) is 38.5 Å². The van der Waals surface area contributed by atoms with Crippen LogP contribution in [0.2, 0.25) is 0 Å². The quantitative estimate of drug-likeness (QED) is 0.713. The van der Waals surface area contributed by atoms with Crippen molar-refractivity contribution < 1.29 is 4.79 Å². The maximum absolute atomic E-state index is 12.4. The van der Waals surface area contributed by atoms with Gasteiger partial charge in [-0.3, -0.25) is 4.79 Å². The molecule has 0 spiro atoms. The van der Waals surface area contributed by atoms with Crippen molar-refractivity contribution in [2.45, 2.75) is 58.3 Å². The van der Waals surface area contributed by atoms with Crippen LogP contribution in [0.1, 0.15) is 74.2 Å². The molecular weight excluding hydrogens is 258 g/mol. The smallest absolute Gasteiger partial charge is 0.162 e. The highest BCUT2D eigenvalue weighted by Crippen LogP contribution is 2.36. The summed E-state index contributed by atoms with van der Waals surface area (Å²) in [5.41, 5.74) is 7.93. The Kier molecular flexibility index (Phi) is 5.98. The van der Waals surface area contributed by atoms with E-state index in [1.807, 2.05) is 12.1 Å². The first-order valence-electron chi connectivity index (χ1n) is 8.45. The lowest BCUT2D eigenvalue weighted by atomic mass is 9.79. The maximum atomic E-state index is 12.4. The molecule has 1 fully saturated rings. The molecule has 116 valence electrons. The minimum absolute atomic E-state index is 0.291. The third-order valence-electron chi connectivity index (χ3n) is 5.01. The molecule has 1 aliphatic carbocycles. The first kappa shape index (κ1) is 16.2. The topological polar surface area (TPSA) is 43.1 Å². The normalized spacial score (nSPS) is 16.8. The summed E-state index contributed by atoms with van der Waals surface area (Å²) in [7, 11) is 0. The summed E-state index contributed by atoms with van der Waals surface area (Å²) in [6, 6.07) is 8.31. The number of benzene rings is 1. The average molecular weight is 287 g/mol. The van der Waals surface area contributed by atoms with Crippen LogP contribution in [-0.4, -0.2) is 12.3 Å². The summed E-state index contributed by atoms with van der Waals surface area (Å²) in [5.74, 6) is 2.15. The van der Waals surface area contributed by atoms with Crippen LogP contribution in [0.25, 0.3) is 0 Å². The van der Waals surface area contributed by atoms with Crippen LogP contribution >= 0.6 is 0 Å². The number of carbonyl (C=O) groups is 1. The van der Waals surface area contributed by atoms with Gasteiger partial charge in [0, 0.05) is 12.0 Å². The lowest BCUT2D eigenvalue weighted by molar-refractivity contribution is 0.0969. The van der Waals surface area contributed by atoms with Crippen molar-refractivity contribution in [3.05, 3.63) is 35.4 Å². The summed E-state index contributed by atoms with van der Waals surface area (Å²) in [6.45, 7) is 5.16. The highest BCUT2D eigenvalue weighted by molar-refractivity contribution is 5.96. The monoisotopic (exact) mass is 287 g/mol. The van der Waals surface area contributed by atoms with Gasteiger partial charge >= 0.3 is 0 Å². The van der Waals surface area contributed by atoms with Crippen LogP contribution in [-0.2, 0) is 0 Å². The van der Waals surface area contributed by atoms with E-state index in [0.29, 0.717) is 36.5 Å². The van der Waals surface area contributed by atoms with E-state index in [2.05, 4.69) is 26.0 Å². The highest BCUT2D eigenvalue weighted by atomic mass is 16.1. The van der Waals surface area contributed by atoms with Gasteiger partial charge in [-0.25, -0.2) is 0 Å². The fourth-order valence-electron chi connectivity index (χ4n) is 3.19. The van der Waals surface area contributed by atoms with Crippen molar-refractivity contribution in [3.63, 3.8) is 0 Å². The van der Waals surface area contributed by atoms with E-state index < -0.39 is 0 Å². The zero-order valence-corrected chi connectivity index (χ0v) is 13.5. The fourth-order valence-corrected chi connectivity index (χ4v) is 3.19. The second-order valence-electron chi connectivity index (χ2n) is 6.80. The van der Waals surface area contributed by atoms with Gasteiger partial charge in [0.05, 0.1) is 0 Å². The summed E-state index contributed by atoms with van der Waals surface area (Å²) in [6.07, 6.45) is 6.52. The second kappa shape index (κ2) is 7.74. The third-order valence-corrected chi connectivity index (χ3v) is 5.01. The van der Waals surface area contributed by atoms with E-state index in [9.17, 15) is 4.79 Å². The lowest BCUT2D eigenvalue weighted by Gasteiger charge is -2.26. The molecule has 1 atom stereocenters. The molecule has 0 aliphatic heterocycles. The molecule has 2 heteroatoms. The van der Waals surface area contributed by atoms with E-state index in [-0.39, 0.29) is 0 Å². The van der Waals surface area contributed by atoms with E-state index in [1.54, 1.807) is 0 Å². The van der Waals surface area contributed by atoms with Gasteiger partial charge in [-0.2, -0.15) is 0 Å². The predicted molar refractivity (Wildman–Crippen MR) is 88.6 cm³/mol. The number of Topliss-reactive ketones (excluding diaryl/α,β-unsaturated/α-hetero) is 1. The molecule has 1 aromatic carbocycles. The summed E-state index contributed by atoms with van der Waals surface area (Å²) in [4.78, 5) is 12.4. The molecular formula is C19H29NO. The zero-order valence-electron chi connectivity index (χ0n) is 13.5. The van der Waals surface area contributed by atoms with Gasteiger partial charge in [0.25, 0.3) is 0 Å². The summed E-state index contributed by atoms with van der Waals surface area (Å²) >= 11 is 0. The zero-order chi connectivity index (χ0) is 15.2. The second-order valence-corrected chi connectivity index (χ2v) is 6.80. The molecule has 2 N–H and O–H groups in total. The van der Waals surface area contributed by atoms with E-state index in [0.717, 1.165) is 18.4 Å². The molecule has 0 aromatic heterocycles. The number of rotatable bonds is 8. The predicted octanol–water partition coefficient (Wildman–Crippen LogP) is 4.54. The van der Waals surface area contributed by atoms with Crippen molar-refractivity contribution in [1.29, 1.82) is 0 Å². The molecule has 0 bridgehead atoms. The van der Waals surface area contributed by atoms with Gasteiger partial charge < -0.3 is 5.73 Å². The maximum Gasteiger partial charge on any atom is 0.162 e. The Morgan fingerprint density at radius 1 is 1.29 bits per heavy atom. The number of ketones is 1. The molecule has 0 amide bonds. The molecule has 1 unspecified atom stereocenters. The van der Waals surface area contributed by atoms with Gasteiger partial charge in [0.2, 0.25) is 0 Å². The van der Waals surface area contributed by atoms with Gasteiger partial charge in [0.1, 0.15) is 0 Å². The summed E-state index contributed by atoms with van der Waals surface area (Å²) < 4.78 is 0. The third kappa shape index (κ3) is 4.41. The Hall–Kier alpha value is -1.15. The Labute approximate surface area is 129 Å². The molecule has 2 nitrogen and oxygen atoms in total. The molecule has 0 radical (unpaired) electrons. The largest absolute Gasteiger partial charge is 0.330 e. The van der Waals surface area contributed by atoms with Crippen molar-refractivity contribution in [1.82, 2.24) is 0 Å². The Morgan fingerprint density at radius 3 is 2.62 bits per heavy atom. The number of hydrogen-bond acceptors (Lipinski definition) is 2. The van der Waals surface area contributed by atoms with Crippen LogP contribution < -0.4 is 5.73 Å². The first-order valence-corrected chi connectivity index (χ1v) is 8.45. The highest BCUT2D eigenvalue weighted by Gasteiger charge is 2.20. The standard InChI is InChI=1S/C19H29NO/c1-14(2)15(11-12-20)9-10-19(21)18-8-4-7-17(13-18)16-5-3-6-16/h4,7-8,13-16H,3,5-6,9-12,20H2,1-2H3. The SMILES string of the molecule is CC(C)C(CCN)CCC(=O)c1cccc(C2CCC2)c1. The molecule has 1 aromatic rings. The minimum Gasteiger partial charge on any atom is -0.330 e. The number of hydrogen-bond donors (Lipinski definition) is 1.